The van der Waals surface area contributed by atoms with Gasteiger partial charge in [-0.1, -0.05) is 0 Å². The fourth-order valence-corrected chi connectivity index (χ4v) is 2.78. The van der Waals surface area contributed by atoms with E-state index < -0.39 is 0 Å². The number of imidazole rings is 1. The fourth-order valence-electron chi connectivity index (χ4n) is 2.06. The van der Waals surface area contributed by atoms with Gasteiger partial charge in [0, 0.05) is 5.38 Å². The van der Waals surface area contributed by atoms with Crippen molar-refractivity contribution in [3.8, 4) is 0 Å². The molecule has 6 heteroatoms. The van der Waals surface area contributed by atoms with Gasteiger partial charge < -0.3 is 4.57 Å². The van der Waals surface area contributed by atoms with Gasteiger partial charge in [-0.2, -0.15) is 0 Å². The van der Waals surface area contributed by atoms with Crippen LogP contribution in [0.15, 0.2) is 29.1 Å². The predicted octanol–water partition coefficient (Wildman–Crippen LogP) is 3.98. The molecule has 0 fully saturated rings. The second kappa shape index (κ2) is 4.90. The van der Waals surface area contributed by atoms with Crippen molar-refractivity contribution in [2.45, 2.75) is 18.8 Å². The highest BCUT2D eigenvalue weighted by Crippen LogP contribution is 2.26. The minimum Gasteiger partial charge on any atom is -0.321 e. The monoisotopic (exact) mass is 295 g/mol. The van der Waals surface area contributed by atoms with E-state index in [1.807, 2.05) is 16.9 Å². The van der Waals surface area contributed by atoms with Crippen molar-refractivity contribution in [3.05, 3.63) is 46.4 Å². The number of rotatable bonds is 3. The maximum atomic E-state index is 13.4. The van der Waals surface area contributed by atoms with E-state index in [1.54, 1.807) is 11.6 Å². The van der Waals surface area contributed by atoms with E-state index in [-0.39, 0.29) is 11.2 Å². The molecule has 1 aromatic carbocycles. The van der Waals surface area contributed by atoms with Gasteiger partial charge in [-0.15, -0.1) is 22.9 Å². The van der Waals surface area contributed by atoms with Crippen molar-refractivity contribution in [2.24, 2.45) is 0 Å². The lowest BCUT2D eigenvalue weighted by Gasteiger charge is -2.08. The summed E-state index contributed by atoms with van der Waals surface area (Å²) in [5, 5.41) is 1.72. The predicted molar refractivity (Wildman–Crippen MR) is 75.2 cm³/mol. The third-order valence-electron chi connectivity index (χ3n) is 2.90. The van der Waals surface area contributed by atoms with Crippen molar-refractivity contribution in [2.75, 3.05) is 0 Å². The number of hydrogen-bond acceptors (Lipinski definition) is 3. The lowest BCUT2D eigenvalue weighted by Crippen LogP contribution is -2.06. The normalized spacial score (nSPS) is 13.0. The van der Waals surface area contributed by atoms with E-state index in [4.69, 9.17) is 11.6 Å². The molecule has 3 nitrogen and oxygen atoms in total. The number of fused-ring (bicyclic) bond motifs is 1. The number of benzene rings is 1. The van der Waals surface area contributed by atoms with Crippen LogP contribution < -0.4 is 0 Å². The topological polar surface area (TPSA) is 30.7 Å². The number of aromatic nitrogens is 3. The van der Waals surface area contributed by atoms with Gasteiger partial charge in [-0.25, -0.2) is 14.4 Å². The zero-order valence-electron chi connectivity index (χ0n) is 10.2. The standard InChI is InChI=1S/C13H11ClFN3S/c1-8(14)13-17-11-3-2-9(15)4-12(11)18(13)5-10-6-19-7-16-10/h2-4,6-8H,5H2,1H3. The Bertz CT molecular complexity index is 706. The van der Waals surface area contributed by atoms with Crippen LogP contribution in [0.5, 0.6) is 0 Å². The first-order valence-corrected chi connectivity index (χ1v) is 7.20. The van der Waals surface area contributed by atoms with Crippen LogP contribution in [0.2, 0.25) is 0 Å². The van der Waals surface area contributed by atoms with Crippen LogP contribution in [0.4, 0.5) is 4.39 Å². The van der Waals surface area contributed by atoms with Crippen molar-refractivity contribution in [3.63, 3.8) is 0 Å². The molecule has 0 N–H and O–H groups in total. The van der Waals surface area contributed by atoms with Crippen LogP contribution in [0.1, 0.15) is 23.8 Å². The number of nitrogens with zero attached hydrogens (tertiary/aromatic N) is 3. The van der Waals surface area contributed by atoms with Gasteiger partial charge in [0.15, 0.2) is 0 Å². The molecule has 3 rings (SSSR count). The smallest absolute Gasteiger partial charge is 0.128 e. The van der Waals surface area contributed by atoms with Crippen LogP contribution in [-0.4, -0.2) is 14.5 Å². The first-order chi connectivity index (χ1) is 9.15. The second-order valence-corrected chi connectivity index (χ2v) is 5.66. The lowest BCUT2D eigenvalue weighted by molar-refractivity contribution is 0.628. The van der Waals surface area contributed by atoms with Crippen molar-refractivity contribution < 1.29 is 4.39 Å². The van der Waals surface area contributed by atoms with Crippen molar-refractivity contribution >= 4 is 34.0 Å². The first-order valence-electron chi connectivity index (χ1n) is 5.82. The molecule has 0 aliphatic carbocycles. The molecule has 0 aliphatic heterocycles. The summed E-state index contributed by atoms with van der Waals surface area (Å²) in [4.78, 5) is 8.73. The molecule has 98 valence electrons. The summed E-state index contributed by atoms with van der Waals surface area (Å²) < 4.78 is 15.3. The maximum Gasteiger partial charge on any atom is 0.128 e. The first kappa shape index (κ1) is 12.6. The Balaban J connectivity index is 2.18. The van der Waals surface area contributed by atoms with Crippen LogP contribution >= 0.6 is 22.9 Å². The fraction of sp³-hybridized carbons (Fsp3) is 0.231. The minimum atomic E-state index is -0.277. The Morgan fingerprint density at radius 1 is 1.47 bits per heavy atom. The summed E-state index contributed by atoms with van der Waals surface area (Å²) in [7, 11) is 0. The van der Waals surface area contributed by atoms with Gasteiger partial charge in [0.05, 0.1) is 34.2 Å². The van der Waals surface area contributed by atoms with Crippen LogP contribution in [-0.2, 0) is 6.54 Å². The Labute approximate surface area is 118 Å². The van der Waals surface area contributed by atoms with E-state index >= 15 is 0 Å². The van der Waals surface area contributed by atoms with Gasteiger partial charge in [-0.3, -0.25) is 0 Å². The molecule has 0 bridgehead atoms. The zero-order chi connectivity index (χ0) is 13.4. The molecule has 1 unspecified atom stereocenters. The molecule has 0 aliphatic rings. The largest absolute Gasteiger partial charge is 0.321 e. The van der Waals surface area contributed by atoms with Gasteiger partial charge in [0.25, 0.3) is 0 Å². The maximum absolute atomic E-state index is 13.4. The molecule has 2 aromatic heterocycles. The molecule has 19 heavy (non-hydrogen) atoms. The van der Waals surface area contributed by atoms with Gasteiger partial charge in [0.2, 0.25) is 0 Å². The molecule has 0 spiro atoms. The zero-order valence-corrected chi connectivity index (χ0v) is 11.7. The Morgan fingerprint density at radius 3 is 3.00 bits per heavy atom. The van der Waals surface area contributed by atoms with Gasteiger partial charge in [-0.05, 0) is 25.1 Å². The van der Waals surface area contributed by atoms with Gasteiger partial charge in [0.1, 0.15) is 11.6 Å². The summed E-state index contributed by atoms with van der Waals surface area (Å²) in [6.07, 6.45) is 0. The highest BCUT2D eigenvalue weighted by Gasteiger charge is 2.16. The molecule has 0 saturated heterocycles. The number of halogens is 2. The molecule has 0 amide bonds. The summed E-state index contributed by atoms with van der Waals surface area (Å²) in [5.74, 6) is 0.455. The Morgan fingerprint density at radius 2 is 2.32 bits per heavy atom. The summed E-state index contributed by atoms with van der Waals surface area (Å²) in [6, 6.07) is 4.56. The molecule has 0 radical (unpaired) electrons. The summed E-state index contributed by atoms with van der Waals surface area (Å²) >= 11 is 7.70. The molecule has 1 atom stereocenters. The quantitative estimate of drug-likeness (QED) is 0.684. The molecule has 3 aromatic rings. The average Bonchev–Trinajstić information content (AvgIpc) is 2.98. The second-order valence-electron chi connectivity index (χ2n) is 4.28. The molecular weight excluding hydrogens is 285 g/mol. The third-order valence-corrected chi connectivity index (χ3v) is 3.73. The van der Waals surface area contributed by atoms with E-state index in [0.717, 1.165) is 22.6 Å². The SMILES string of the molecule is CC(Cl)c1nc2ccc(F)cc2n1Cc1cscn1. The summed E-state index contributed by atoms with van der Waals surface area (Å²) in [5.41, 5.74) is 4.19. The van der Waals surface area contributed by atoms with Crippen LogP contribution in [0.25, 0.3) is 11.0 Å². The average molecular weight is 296 g/mol. The number of hydrogen-bond donors (Lipinski definition) is 0. The van der Waals surface area contributed by atoms with Crippen molar-refractivity contribution in [1.29, 1.82) is 0 Å². The third kappa shape index (κ3) is 2.35. The molecule has 2 heterocycles. The van der Waals surface area contributed by atoms with Crippen LogP contribution in [0, 0.1) is 5.82 Å². The summed E-state index contributed by atoms with van der Waals surface area (Å²) in [6.45, 7) is 2.41. The van der Waals surface area contributed by atoms with E-state index in [2.05, 4.69) is 9.97 Å². The number of thiazole rings is 1. The van der Waals surface area contributed by atoms with E-state index in [1.165, 1.54) is 23.5 Å². The van der Waals surface area contributed by atoms with E-state index in [9.17, 15) is 4.39 Å². The molecule has 0 saturated carbocycles. The molecular formula is C13H11ClFN3S. The Hall–Kier alpha value is -1.46. The highest BCUT2D eigenvalue weighted by molar-refractivity contribution is 7.07. The number of alkyl halides is 1. The highest BCUT2D eigenvalue weighted by atomic mass is 35.5. The van der Waals surface area contributed by atoms with Crippen LogP contribution in [0.3, 0.4) is 0 Å². The minimum absolute atomic E-state index is 0.242. The van der Waals surface area contributed by atoms with Crippen molar-refractivity contribution in [1.82, 2.24) is 14.5 Å². The van der Waals surface area contributed by atoms with E-state index in [0.29, 0.717) is 6.54 Å². The lowest BCUT2D eigenvalue weighted by atomic mass is 10.3. The Kier molecular flexibility index (Phi) is 3.24. The van der Waals surface area contributed by atoms with Gasteiger partial charge >= 0.3 is 0 Å².